The molecule has 1 aliphatic carbocycles. The fourth-order valence-corrected chi connectivity index (χ4v) is 4.51. The zero-order valence-corrected chi connectivity index (χ0v) is 16.4. The number of nitro groups is 1. The topological polar surface area (TPSA) is 94.4 Å². The Morgan fingerprint density at radius 1 is 1.21 bits per heavy atom. The van der Waals surface area contributed by atoms with Gasteiger partial charge in [0.1, 0.15) is 5.75 Å². The predicted octanol–water partition coefficient (Wildman–Crippen LogP) is 4.34. The molecule has 1 N–H and O–H groups in total. The zero-order valence-electron chi connectivity index (χ0n) is 15.5. The standard InChI is InChI=1S/C21H19N3O4S/c25-20(13-28-17-9-7-16(8-10-17)24(26)27)23-21-22-18-11-6-15(12-19(18)29-21)14-4-2-1-3-5-14/h1-5,7-10,15H,6,11-13H2,(H,22,23,25). The summed E-state index contributed by atoms with van der Waals surface area (Å²) in [5.41, 5.74) is 2.38. The summed E-state index contributed by atoms with van der Waals surface area (Å²) in [5.74, 6) is 0.571. The summed E-state index contributed by atoms with van der Waals surface area (Å²) in [5, 5.41) is 14.0. The minimum Gasteiger partial charge on any atom is -0.484 e. The molecule has 7 nitrogen and oxygen atoms in total. The molecule has 1 atom stereocenters. The van der Waals surface area contributed by atoms with Crippen LogP contribution in [0.3, 0.4) is 0 Å². The van der Waals surface area contributed by atoms with E-state index in [4.69, 9.17) is 4.74 Å². The van der Waals surface area contributed by atoms with Crippen LogP contribution in [0, 0.1) is 10.1 Å². The Bertz CT molecular complexity index is 1020. The summed E-state index contributed by atoms with van der Waals surface area (Å²) in [4.78, 5) is 28.1. The molecule has 0 saturated carbocycles. The number of amides is 1. The largest absolute Gasteiger partial charge is 0.484 e. The number of carbonyl (C=O) groups excluding carboxylic acids is 1. The average molecular weight is 409 g/mol. The van der Waals surface area contributed by atoms with Crippen LogP contribution in [0.25, 0.3) is 0 Å². The Morgan fingerprint density at radius 3 is 2.69 bits per heavy atom. The van der Waals surface area contributed by atoms with Crippen molar-refractivity contribution >= 4 is 28.1 Å². The third-order valence-corrected chi connectivity index (χ3v) is 5.91. The van der Waals surface area contributed by atoms with Crippen LogP contribution in [0.15, 0.2) is 54.6 Å². The van der Waals surface area contributed by atoms with Crippen LogP contribution >= 0.6 is 11.3 Å². The maximum atomic E-state index is 12.2. The van der Waals surface area contributed by atoms with Crippen molar-refractivity contribution in [2.24, 2.45) is 0 Å². The fraction of sp³-hybridized carbons (Fsp3) is 0.238. The molecule has 4 rings (SSSR count). The van der Waals surface area contributed by atoms with E-state index in [-0.39, 0.29) is 18.2 Å². The number of thiazole rings is 1. The number of ether oxygens (including phenoxy) is 1. The highest BCUT2D eigenvalue weighted by Gasteiger charge is 2.24. The number of anilines is 1. The van der Waals surface area contributed by atoms with Crippen molar-refractivity contribution in [2.45, 2.75) is 25.2 Å². The lowest BCUT2D eigenvalue weighted by Gasteiger charge is -2.21. The van der Waals surface area contributed by atoms with Crippen molar-refractivity contribution in [3.8, 4) is 5.75 Å². The van der Waals surface area contributed by atoms with Gasteiger partial charge in [0.05, 0.1) is 10.6 Å². The summed E-state index contributed by atoms with van der Waals surface area (Å²) < 4.78 is 5.39. The summed E-state index contributed by atoms with van der Waals surface area (Å²) in [6.45, 7) is -0.186. The van der Waals surface area contributed by atoms with E-state index in [0.717, 1.165) is 25.0 Å². The van der Waals surface area contributed by atoms with E-state index in [0.29, 0.717) is 16.8 Å². The number of aryl methyl sites for hydroxylation is 1. The minimum atomic E-state index is -0.483. The van der Waals surface area contributed by atoms with Gasteiger partial charge in [-0.15, -0.1) is 11.3 Å². The molecule has 1 aromatic heterocycles. The predicted molar refractivity (Wildman–Crippen MR) is 111 cm³/mol. The number of hydrogen-bond donors (Lipinski definition) is 1. The third-order valence-electron chi connectivity index (χ3n) is 4.87. The Balaban J connectivity index is 1.33. The van der Waals surface area contributed by atoms with Gasteiger partial charge in [-0.2, -0.15) is 0 Å². The second-order valence-electron chi connectivity index (χ2n) is 6.83. The Labute approximate surface area is 171 Å². The monoisotopic (exact) mass is 409 g/mol. The zero-order chi connectivity index (χ0) is 20.2. The molecule has 1 aliphatic rings. The summed E-state index contributed by atoms with van der Waals surface area (Å²) in [6, 6.07) is 16.1. The maximum Gasteiger partial charge on any atom is 0.269 e. The van der Waals surface area contributed by atoms with Gasteiger partial charge in [-0.3, -0.25) is 20.2 Å². The van der Waals surface area contributed by atoms with Gasteiger partial charge in [0.25, 0.3) is 11.6 Å². The molecule has 3 aromatic rings. The fourth-order valence-electron chi connectivity index (χ4n) is 3.41. The van der Waals surface area contributed by atoms with Gasteiger partial charge in [0.2, 0.25) is 0 Å². The van der Waals surface area contributed by atoms with Gasteiger partial charge in [-0.25, -0.2) is 4.98 Å². The van der Waals surface area contributed by atoms with E-state index in [1.165, 1.54) is 46.0 Å². The lowest BCUT2D eigenvalue weighted by atomic mass is 9.85. The van der Waals surface area contributed by atoms with E-state index in [1.807, 2.05) is 6.07 Å². The molecule has 1 unspecified atom stereocenters. The summed E-state index contributed by atoms with van der Waals surface area (Å²) in [6.07, 6.45) is 2.89. The van der Waals surface area contributed by atoms with Gasteiger partial charge in [-0.1, -0.05) is 30.3 Å². The van der Waals surface area contributed by atoms with Crippen LogP contribution in [-0.2, 0) is 17.6 Å². The molecule has 1 amide bonds. The first-order valence-corrected chi connectivity index (χ1v) is 10.1. The SMILES string of the molecule is O=C(COc1ccc([N+](=O)[O-])cc1)Nc1nc2c(s1)CC(c1ccccc1)CC2. The van der Waals surface area contributed by atoms with Crippen molar-refractivity contribution in [2.75, 3.05) is 11.9 Å². The van der Waals surface area contributed by atoms with Gasteiger partial charge < -0.3 is 4.74 Å². The Morgan fingerprint density at radius 2 is 1.97 bits per heavy atom. The number of rotatable bonds is 6. The smallest absolute Gasteiger partial charge is 0.269 e. The molecule has 2 aromatic carbocycles. The first-order chi connectivity index (χ1) is 14.1. The second kappa shape index (κ2) is 8.40. The molecule has 0 saturated heterocycles. The van der Waals surface area contributed by atoms with Crippen LogP contribution < -0.4 is 10.1 Å². The number of fused-ring (bicyclic) bond motifs is 1. The number of aromatic nitrogens is 1. The number of nitrogens with one attached hydrogen (secondary N) is 1. The van der Waals surface area contributed by atoms with E-state index in [9.17, 15) is 14.9 Å². The molecule has 1 heterocycles. The van der Waals surface area contributed by atoms with Crippen LogP contribution in [0.5, 0.6) is 5.75 Å². The number of benzene rings is 2. The number of non-ortho nitro benzene ring substituents is 1. The highest BCUT2D eigenvalue weighted by molar-refractivity contribution is 7.15. The van der Waals surface area contributed by atoms with Crippen molar-refractivity contribution in [3.05, 3.63) is 80.8 Å². The molecule has 0 spiro atoms. The number of hydrogen-bond acceptors (Lipinski definition) is 6. The first kappa shape index (κ1) is 19.1. The molecule has 29 heavy (non-hydrogen) atoms. The molecular weight excluding hydrogens is 390 g/mol. The maximum absolute atomic E-state index is 12.2. The van der Waals surface area contributed by atoms with Crippen LogP contribution in [0.2, 0.25) is 0 Å². The lowest BCUT2D eigenvalue weighted by molar-refractivity contribution is -0.384. The molecule has 148 valence electrons. The van der Waals surface area contributed by atoms with Crippen molar-refractivity contribution < 1.29 is 14.5 Å². The van der Waals surface area contributed by atoms with Gasteiger partial charge in [0, 0.05) is 17.0 Å². The highest BCUT2D eigenvalue weighted by atomic mass is 32.1. The third kappa shape index (κ3) is 4.60. The lowest BCUT2D eigenvalue weighted by Crippen LogP contribution is -2.20. The van der Waals surface area contributed by atoms with Crippen LogP contribution in [-0.4, -0.2) is 22.4 Å². The van der Waals surface area contributed by atoms with Crippen molar-refractivity contribution in [3.63, 3.8) is 0 Å². The second-order valence-corrected chi connectivity index (χ2v) is 7.91. The number of nitrogens with zero attached hydrogens (tertiary/aromatic N) is 2. The average Bonchev–Trinajstić information content (AvgIpc) is 3.14. The van der Waals surface area contributed by atoms with Crippen LogP contribution in [0.4, 0.5) is 10.8 Å². The number of nitro benzene ring substituents is 1. The molecule has 0 aliphatic heterocycles. The summed E-state index contributed by atoms with van der Waals surface area (Å²) >= 11 is 1.52. The minimum absolute atomic E-state index is 0.0241. The number of carbonyl (C=O) groups is 1. The molecule has 8 heteroatoms. The van der Waals surface area contributed by atoms with Crippen molar-refractivity contribution in [1.82, 2.24) is 4.98 Å². The van der Waals surface area contributed by atoms with E-state index in [1.54, 1.807) is 0 Å². The molecule has 0 fully saturated rings. The van der Waals surface area contributed by atoms with E-state index < -0.39 is 4.92 Å². The van der Waals surface area contributed by atoms with Gasteiger partial charge in [-0.05, 0) is 42.9 Å². The Kier molecular flexibility index (Phi) is 5.53. The first-order valence-electron chi connectivity index (χ1n) is 9.29. The Hall–Kier alpha value is -3.26. The van der Waals surface area contributed by atoms with Gasteiger partial charge >= 0.3 is 0 Å². The summed E-state index contributed by atoms with van der Waals surface area (Å²) in [7, 11) is 0. The molecular formula is C21H19N3O4S. The van der Waals surface area contributed by atoms with E-state index >= 15 is 0 Å². The van der Waals surface area contributed by atoms with E-state index in [2.05, 4.69) is 34.6 Å². The van der Waals surface area contributed by atoms with Gasteiger partial charge in [0.15, 0.2) is 11.7 Å². The molecule has 0 radical (unpaired) electrons. The quantitative estimate of drug-likeness (QED) is 0.483. The van der Waals surface area contributed by atoms with Crippen molar-refractivity contribution in [1.29, 1.82) is 0 Å². The molecule has 0 bridgehead atoms. The normalized spacial score (nSPS) is 15.4. The van der Waals surface area contributed by atoms with Crippen LogP contribution in [0.1, 0.15) is 28.5 Å². The highest BCUT2D eigenvalue weighted by Crippen LogP contribution is 2.36.